The number of aryl methyl sites for hydroxylation is 1. The van der Waals surface area contributed by atoms with E-state index in [-0.39, 0.29) is 5.84 Å². The first-order valence-electron chi connectivity index (χ1n) is 14.1. The molecule has 0 fully saturated rings. The van der Waals surface area contributed by atoms with E-state index in [1.165, 1.54) is 88.5 Å². The number of nitrogens with one attached hydrogen (secondary N) is 1. The van der Waals surface area contributed by atoms with E-state index in [1.54, 1.807) is 0 Å². The minimum atomic E-state index is 0.167. The van der Waals surface area contributed by atoms with E-state index in [0.29, 0.717) is 5.92 Å². The number of oxime groups is 1. The predicted molar refractivity (Wildman–Crippen MR) is 158 cm³/mol. The Balaban J connectivity index is 0.00000150. The molecule has 1 aromatic heterocycles. The van der Waals surface area contributed by atoms with Crippen molar-refractivity contribution in [2.24, 2.45) is 16.8 Å². The number of allylic oxidation sites excluding steroid dienone is 1. The van der Waals surface area contributed by atoms with Gasteiger partial charge < -0.3 is 15.1 Å². The molecule has 0 bridgehead atoms. The molecule has 2 aromatic rings. The van der Waals surface area contributed by atoms with Gasteiger partial charge in [-0.15, -0.1) is 0 Å². The quantitative estimate of drug-likeness (QED) is 0.0752. The predicted octanol–water partition coefficient (Wildman–Crippen LogP) is 9.19. The van der Waals surface area contributed by atoms with Gasteiger partial charge in [-0.05, 0) is 32.8 Å². The molecule has 0 unspecified atom stereocenters. The number of fused-ring (bicyclic) bond motifs is 1. The highest BCUT2D eigenvalue weighted by Gasteiger charge is 2.12. The van der Waals surface area contributed by atoms with Crippen LogP contribution < -0.4 is 5.73 Å². The van der Waals surface area contributed by atoms with Crippen molar-refractivity contribution in [1.29, 1.82) is 5.41 Å². The van der Waals surface area contributed by atoms with Crippen molar-refractivity contribution in [2.45, 2.75) is 118 Å². The van der Waals surface area contributed by atoms with Gasteiger partial charge in [0, 0.05) is 35.1 Å². The van der Waals surface area contributed by atoms with E-state index in [2.05, 4.69) is 67.5 Å². The molecule has 3 N–H and O–H groups in total. The first kappa shape index (κ1) is 31.5. The van der Waals surface area contributed by atoms with Gasteiger partial charge in [0.15, 0.2) is 0 Å². The second-order valence-electron chi connectivity index (χ2n) is 10.0. The Hall–Kier alpha value is -2.56. The first-order valence-corrected chi connectivity index (χ1v) is 14.1. The van der Waals surface area contributed by atoms with E-state index in [1.807, 2.05) is 6.92 Å². The van der Waals surface area contributed by atoms with Gasteiger partial charge in [0.1, 0.15) is 5.76 Å². The first-order chi connectivity index (χ1) is 17.3. The minimum absolute atomic E-state index is 0.167. The molecule has 0 aliphatic heterocycles. The number of hydrogen-bond acceptors (Lipinski definition) is 3. The molecule has 0 saturated heterocycles. The maximum Gasteiger partial charge on any atom is 0.130 e. The molecule has 1 heterocycles. The lowest BCUT2D eigenvalue weighted by atomic mass is 10.0. The number of para-hydroxylation sites is 1. The summed E-state index contributed by atoms with van der Waals surface area (Å²) in [6.07, 6.45) is 17.9. The van der Waals surface area contributed by atoms with Crippen LogP contribution in [0, 0.1) is 11.3 Å². The van der Waals surface area contributed by atoms with Crippen LogP contribution in [-0.4, -0.2) is 16.1 Å². The third-order valence-electron chi connectivity index (χ3n) is 6.52. The van der Waals surface area contributed by atoms with Crippen molar-refractivity contribution >= 4 is 22.5 Å². The summed E-state index contributed by atoms with van der Waals surface area (Å²) in [5, 5.41) is 12.0. The molecule has 0 radical (unpaired) electrons. The molecule has 36 heavy (non-hydrogen) atoms. The summed E-state index contributed by atoms with van der Waals surface area (Å²) in [4.78, 5) is 5.72. The molecule has 5 nitrogen and oxygen atoms in total. The van der Waals surface area contributed by atoms with Crippen molar-refractivity contribution in [2.75, 3.05) is 0 Å². The summed E-state index contributed by atoms with van der Waals surface area (Å²) in [5.74, 6) is 1.26. The monoisotopic (exact) mass is 496 g/mol. The molecule has 0 amide bonds. The number of rotatable bonds is 17. The van der Waals surface area contributed by atoms with Crippen molar-refractivity contribution in [3.8, 4) is 0 Å². The van der Waals surface area contributed by atoms with Crippen LogP contribution in [0.2, 0.25) is 0 Å². The van der Waals surface area contributed by atoms with Crippen LogP contribution in [0.4, 0.5) is 0 Å². The van der Waals surface area contributed by atoms with E-state index < -0.39 is 0 Å². The Morgan fingerprint density at radius 2 is 1.53 bits per heavy atom. The van der Waals surface area contributed by atoms with Crippen LogP contribution in [0.15, 0.2) is 48.0 Å². The summed E-state index contributed by atoms with van der Waals surface area (Å²) in [5.41, 5.74) is 8.05. The third kappa shape index (κ3) is 12.4. The van der Waals surface area contributed by atoms with Crippen molar-refractivity contribution in [1.82, 2.24) is 4.57 Å². The van der Waals surface area contributed by atoms with Gasteiger partial charge in [-0.2, -0.15) is 0 Å². The molecule has 202 valence electrons. The highest BCUT2D eigenvalue weighted by Crippen LogP contribution is 2.24. The second-order valence-corrected chi connectivity index (χ2v) is 10.0. The standard InChI is InChI=1S/C29H46N2O.C2H6N2/c1-6-8-10-11-12-13-14-15-18-22-31-23-28(27-20-16-17-21-29(27)31)25(4)30-32-26(5)24(3)19-9-7-2;1-2(3)4/h16-17,20-21,23-24H,5-15,18-19,22H2,1-4H3;1H3,(H3,3,4)/b30-25+;/t24-;/m0./s1. The van der Waals surface area contributed by atoms with Crippen LogP contribution in [0.5, 0.6) is 0 Å². The molecule has 1 aromatic carbocycles. The molecule has 0 aliphatic rings. The normalized spacial score (nSPS) is 12.2. The van der Waals surface area contributed by atoms with Gasteiger partial charge >= 0.3 is 0 Å². The topological polar surface area (TPSA) is 76.4 Å². The van der Waals surface area contributed by atoms with E-state index in [9.17, 15) is 0 Å². The van der Waals surface area contributed by atoms with Crippen LogP contribution in [0.25, 0.3) is 10.9 Å². The second kappa shape index (κ2) is 18.7. The average Bonchev–Trinajstić information content (AvgIpc) is 3.23. The Bertz CT molecular complexity index is 924. The average molecular weight is 497 g/mol. The number of benzene rings is 1. The Kier molecular flexibility index (Phi) is 16.3. The maximum atomic E-state index is 6.28. The highest BCUT2D eigenvalue weighted by atomic mass is 16.6. The Labute approximate surface area is 220 Å². The van der Waals surface area contributed by atoms with Gasteiger partial charge in [0.2, 0.25) is 0 Å². The molecular formula is C31H52N4O. The lowest BCUT2D eigenvalue weighted by Gasteiger charge is -2.12. The summed E-state index contributed by atoms with van der Waals surface area (Å²) >= 11 is 0. The van der Waals surface area contributed by atoms with E-state index in [0.717, 1.165) is 30.0 Å². The van der Waals surface area contributed by atoms with Gasteiger partial charge in [-0.3, -0.25) is 5.41 Å². The van der Waals surface area contributed by atoms with Gasteiger partial charge in [0.05, 0.1) is 11.5 Å². The molecule has 5 heteroatoms. The smallest absolute Gasteiger partial charge is 0.130 e. The number of nitrogens with zero attached hydrogens (tertiary/aromatic N) is 2. The SMILES string of the molecule is C=C(O/N=C(\C)c1cn(CCCCCCCCCCC)c2ccccc12)[C@@H](C)CCCC.CC(=N)N. The van der Waals surface area contributed by atoms with Crippen LogP contribution in [0.3, 0.4) is 0 Å². The van der Waals surface area contributed by atoms with Crippen LogP contribution >= 0.6 is 0 Å². The molecule has 2 rings (SSSR count). The van der Waals surface area contributed by atoms with Crippen molar-refractivity contribution in [3.05, 3.63) is 48.4 Å². The number of nitrogens with two attached hydrogens (primary N) is 1. The molecule has 0 saturated carbocycles. The Morgan fingerprint density at radius 1 is 0.972 bits per heavy atom. The van der Waals surface area contributed by atoms with Gasteiger partial charge in [-0.1, -0.05) is 115 Å². The number of aromatic nitrogens is 1. The largest absolute Gasteiger partial charge is 0.388 e. The molecule has 1 atom stereocenters. The lowest BCUT2D eigenvalue weighted by Crippen LogP contribution is -2.02. The maximum absolute atomic E-state index is 6.28. The number of unbranched alkanes of at least 4 members (excludes halogenated alkanes) is 9. The van der Waals surface area contributed by atoms with Crippen molar-refractivity contribution in [3.63, 3.8) is 0 Å². The summed E-state index contributed by atoms with van der Waals surface area (Å²) in [6.45, 7) is 15.4. The Morgan fingerprint density at radius 3 is 2.14 bits per heavy atom. The fraction of sp³-hybridized carbons (Fsp3) is 0.613. The fourth-order valence-electron chi connectivity index (χ4n) is 4.25. The highest BCUT2D eigenvalue weighted by molar-refractivity contribution is 6.09. The number of amidine groups is 1. The minimum Gasteiger partial charge on any atom is -0.388 e. The van der Waals surface area contributed by atoms with Crippen molar-refractivity contribution < 1.29 is 4.84 Å². The zero-order chi connectivity index (χ0) is 26.8. The number of hydrogen-bond donors (Lipinski definition) is 2. The summed E-state index contributed by atoms with van der Waals surface area (Å²) < 4.78 is 2.39. The van der Waals surface area contributed by atoms with Crippen LogP contribution in [-0.2, 0) is 11.4 Å². The van der Waals surface area contributed by atoms with E-state index >= 15 is 0 Å². The van der Waals surface area contributed by atoms with E-state index in [4.69, 9.17) is 16.0 Å². The van der Waals surface area contributed by atoms with Gasteiger partial charge in [0.25, 0.3) is 0 Å². The van der Waals surface area contributed by atoms with Gasteiger partial charge in [-0.25, -0.2) is 0 Å². The zero-order valence-electron chi connectivity index (χ0n) is 23.7. The third-order valence-corrected chi connectivity index (χ3v) is 6.52. The summed E-state index contributed by atoms with van der Waals surface area (Å²) in [7, 11) is 0. The summed E-state index contributed by atoms with van der Waals surface area (Å²) in [6, 6.07) is 8.63. The zero-order valence-corrected chi connectivity index (χ0v) is 23.7. The lowest BCUT2D eigenvalue weighted by molar-refractivity contribution is 0.190. The molecule has 0 aliphatic carbocycles. The molecular weight excluding hydrogens is 444 g/mol. The molecule has 0 spiro atoms. The fourth-order valence-corrected chi connectivity index (χ4v) is 4.25. The van der Waals surface area contributed by atoms with Crippen LogP contribution in [0.1, 0.15) is 117 Å².